The fourth-order valence-electron chi connectivity index (χ4n) is 2.93. The molecule has 2 aliphatic rings. The zero-order chi connectivity index (χ0) is 13.5. The minimum Gasteiger partial charge on any atom is -0.363 e. The van der Waals surface area contributed by atoms with Crippen LogP contribution in [-0.4, -0.2) is 45.2 Å². The minimum absolute atomic E-state index is 0.376. The smallest absolute Gasteiger partial charge is 0.197 e. The topological polar surface area (TPSA) is 112 Å². The molecule has 1 saturated heterocycles. The normalized spacial score (nSPS) is 23.9. The number of hydrogen-bond acceptors (Lipinski definition) is 9. The number of anilines is 1. The van der Waals surface area contributed by atoms with Crippen LogP contribution in [-0.2, 0) is 0 Å². The summed E-state index contributed by atoms with van der Waals surface area (Å²) in [5, 5.41) is 19.6. The largest absolute Gasteiger partial charge is 0.363 e. The molecule has 106 valence electrons. The highest BCUT2D eigenvalue weighted by molar-refractivity contribution is 7.96. The van der Waals surface area contributed by atoms with Crippen molar-refractivity contribution in [3.63, 3.8) is 0 Å². The molecule has 1 aliphatic heterocycles. The van der Waals surface area contributed by atoms with E-state index in [1.165, 1.54) is 0 Å². The summed E-state index contributed by atoms with van der Waals surface area (Å²) in [4.78, 5) is 0. The molecule has 1 spiro atoms. The van der Waals surface area contributed by atoms with Crippen molar-refractivity contribution in [2.45, 2.75) is 25.0 Å². The monoisotopic (exact) mass is 286 g/mol. The van der Waals surface area contributed by atoms with E-state index in [0.717, 1.165) is 25.9 Å². The van der Waals surface area contributed by atoms with Gasteiger partial charge in [-0.05, 0) is 29.4 Å². The molecular weight excluding hydrogens is 268 g/mol. The Labute approximate surface area is 115 Å². The molecule has 19 heavy (non-hydrogen) atoms. The van der Waals surface area contributed by atoms with E-state index in [9.17, 15) is 0 Å². The average Bonchev–Trinajstić information content (AvgIpc) is 2.77. The molecule has 1 saturated carbocycles. The molecule has 2 heterocycles. The van der Waals surface area contributed by atoms with Gasteiger partial charge in [0.15, 0.2) is 11.5 Å². The van der Waals surface area contributed by atoms with E-state index in [2.05, 4.69) is 30.8 Å². The Bertz CT molecular complexity index is 441. The Hall–Kier alpha value is -0.870. The molecule has 0 bridgehead atoms. The van der Waals surface area contributed by atoms with E-state index >= 15 is 0 Å². The first kappa shape index (κ1) is 13.1. The number of nitrogens with two attached hydrogens (primary N) is 1. The predicted octanol–water partition coefficient (Wildman–Crippen LogP) is 0.160. The van der Waals surface area contributed by atoms with Crippen molar-refractivity contribution in [3.8, 4) is 0 Å². The molecule has 1 unspecified atom stereocenters. The maximum Gasteiger partial charge on any atom is 0.197 e. The summed E-state index contributed by atoms with van der Waals surface area (Å²) in [5.41, 5.74) is 8.44. The zero-order valence-corrected chi connectivity index (χ0v) is 11.5. The van der Waals surface area contributed by atoms with E-state index in [1.807, 2.05) is 5.48 Å². The number of hydrogen-bond donors (Lipinski definition) is 4. The fraction of sp³-hybridized carbons (Fsp3) is 0.800. The van der Waals surface area contributed by atoms with Gasteiger partial charge in [-0.1, -0.05) is 11.9 Å². The van der Waals surface area contributed by atoms with Gasteiger partial charge >= 0.3 is 0 Å². The summed E-state index contributed by atoms with van der Waals surface area (Å²) < 4.78 is 7.03. The predicted molar refractivity (Wildman–Crippen MR) is 70.3 cm³/mol. The van der Waals surface area contributed by atoms with Gasteiger partial charge in [0.2, 0.25) is 0 Å². The van der Waals surface area contributed by atoms with Crippen molar-refractivity contribution in [3.05, 3.63) is 5.69 Å². The SMILES string of the molecule is CSN1CC2(CC(Nc3nonc3C(N)NO)C2)C1. The van der Waals surface area contributed by atoms with Gasteiger partial charge in [0.1, 0.15) is 6.17 Å². The summed E-state index contributed by atoms with van der Waals surface area (Å²) in [6.07, 6.45) is 3.56. The van der Waals surface area contributed by atoms with Crippen LogP contribution in [0.4, 0.5) is 5.82 Å². The molecule has 0 aromatic carbocycles. The van der Waals surface area contributed by atoms with E-state index in [1.54, 1.807) is 11.9 Å². The molecule has 5 N–H and O–H groups in total. The van der Waals surface area contributed by atoms with Crippen LogP contribution in [0.2, 0.25) is 0 Å². The minimum atomic E-state index is -0.793. The van der Waals surface area contributed by atoms with E-state index in [-0.39, 0.29) is 0 Å². The number of hydroxylamine groups is 1. The lowest BCUT2D eigenvalue weighted by molar-refractivity contribution is -0.0112. The molecule has 3 rings (SSSR count). The van der Waals surface area contributed by atoms with Gasteiger partial charge < -0.3 is 16.3 Å². The van der Waals surface area contributed by atoms with E-state index in [0.29, 0.717) is 23.0 Å². The number of aromatic nitrogens is 2. The third-order valence-corrected chi connectivity index (χ3v) is 4.70. The Morgan fingerprint density at radius 2 is 2.26 bits per heavy atom. The van der Waals surface area contributed by atoms with Gasteiger partial charge in [0.25, 0.3) is 0 Å². The summed E-state index contributed by atoms with van der Waals surface area (Å²) in [5.74, 6) is 0.509. The van der Waals surface area contributed by atoms with Crippen LogP contribution in [0.15, 0.2) is 4.63 Å². The Balaban J connectivity index is 1.53. The molecule has 9 heteroatoms. The van der Waals surface area contributed by atoms with E-state index < -0.39 is 6.17 Å². The molecule has 8 nitrogen and oxygen atoms in total. The van der Waals surface area contributed by atoms with Crippen LogP contribution in [0, 0.1) is 5.41 Å². The second-order valence-electron chi connectivity index (χ2n) is 5.33. The van der Waals surface area contributed by atoms with Crippen molar-refractivity contribution in [2.75, 3.05) is 24.7 Å². The third kappa shape index (κ3) is 2.32. The lowest BCUT2D eigenvalue weighted by Gasteiger charge is -2.58. The zero-order valence-electron chi connectivity index (χ0n) is 10.7. The molecule has 1 aromatic heterocycles. The second-order valence-corrected chi connectivity index (χ2v) is 6.22. The van der Waals surface area contributed by atoms with E-state index in [4.69, 9.17) is 10.9 Å². The first-order valence-electron chi connectivity index (χ1n) is 6.19. The van der Waals surface area contributed by atoms with Gasteiger partial charge in [0, 0.05) is 24.5 Å². The van der Waals surface area contributed by atoms with Crippen molar-refractivity contribution in [1.82, 2.24) is 20.1 Å². The molecule has 2 fully saturated rings. The standard InChI is InChI=1S/C10H18N6O2S/c1-19-16-4-10(5-16)2-6(3-10)12-9-7(8(11)13-17)14-18-15-9/h6,8,13,17H,2-5,11H2,1H3,(H,12,15). The van der Waals surface area contributed by atoms with Crippen molar-refractivity contribution < 1.29 is 9.84 Å². The highest BCUT2D eigenvalue weighted by Gasteiger charge is 2.52. The molecule has 0 radical (unpaired) electrons. The summed E-state index contributed by atoms with van der Waals surface area (Å²) in [6.45, 7) is 2.32. The molecule has 0 amide bonds. The number of nitrogens with one attached hydrogen (secondary N) is 2. The first-order chi connectivity index (χ1) is 9.15. The molecule has 1 aromatic rings. The van der Waals surface area contributed by atoms with Crippen LogP contribution in [0.1, 0.15) is 24.7 Å². The quantitative estimate of drug-likeness (QED) is 0.341. The van der Waals surface area contributed by atoms with Gasteiger partial charge in [-0.15, -0.1) is 0 Å². The maximum absolute atomic E-state index is 8.80. The Kier molecular flexibility index (Phi) is 3.39. The second kappa shape index (κ2) is 4.91. The summed E-state index contributed by atoms with van der Waals surface area (Å²) >= 11 is 1.80. The van der Waals surface area contributed by atoms with Crippen LogP contribution < -0.4 is 16.5 Å². The fourth-order valence-corrected chi connectivity index (χ4v) is 3.74. The summed E-state index contributed by atoms with van der Waals surface area (Å²) in [7, 11) is 0. The van der Waals surface area contributed by atoms with Crippen LogP contribution in [0.5, 0.6) is 0 Å². The molecule has 1 aliphatic carbocycles. The van der Waals surface area contributed by atoms with Crippen LogP contribution >= 0.6 is 11.9 Å². The van der Waals surface area contributed by atoms with Crippen molar-refractivity contribution in [1.29, 1.82) is 0 Å². The highest BCUT2D eigenvalue weighted by atomic mass is 32.2. The van der Waals surface area contributed by atoms with Crippen molar-refractivity contribution >= 4 is 17.8 Å². The third-order valence-electron chi connectivity index (χ3n) is 3.93. The van der Waals surface area contributed by atoms with Gasteiger partial charge in [0.05, 0.1) is 0 Å². The Morgan fingerprint density at radius 3 is 2.89 bits per heavy atom. The van der Waals surface area contributed by atoms with Crippen LogP contribution in [0.3, 0.4) is 0 Å². The highest BCUT2D eigenvalue weighted by Crippen LogP contribution is 2.50. The van der Waals surface area contributed by atoms with Gasteiger partial charge in [-0.2, -0.15) is 5.48 Å². The lowest BCUT2D eigenvalue weighted by atomic mass is 9.61. The lowest BCUT2D eigenvalue weighted by Crippen LogP contribution is -2.62. The van der Waals surface area contributed by atoms with Crippen LogP contribution in [0.25, 0.3) is 0 Å². The van der Waals surface area contributed by atoms with Crippen molar-refractivity contribution in [2.24, 2.45) is 11.1 Å². The molecule has 1 atom stereocenters. The van der Waals surface area contributed by atoms with Gasteiger partial charge in [-0.25, -0.2) is 8.93 Å². The Morgan fingerprint density at radius 1 is 1.53 bits per heavy atom. The first-order valence-corrected chi connectivity index (χ1v) is 7.37. The number of rotatable bonds is 5. The maximum atomic E-state index is 8.80. The molecular formula is C10H18N6O2S. The number of nitrogens with zero attached hydrogens (tertiary/aromatic N) is 3. The van der Waals surface area contributed by atoms with Gasteiger partial charge in [-0.3, -0.25) is 0 Å². The summed E-state index contributed by atoms with van der Waals surface area (Å²) in [6, 6.07) is 0.376. The average molecular weight is 286 g/mol.